The normalized spacial score (nSPS) is 12.6. The van der Waals surface area contributed by atoms with E-state index >= 15 is 0 Å². The Hall–Kier alpha value is 0.580. The predicted molar refractivity (Wildman–Crippen MR) is 74.5 cm³/mol. The first-order valence-corrected chi connectivity index (χ1v) is 7.20. The molecule has 1 nitrogen and oxygen atoms in total. The van der Waals surface area contributed by atoms with Crippen LogP contribution in [-0.4, -0.2) is 10.6 Å². The van der Waals surface area contributed by atoms with Gasteiger partial charge in [0.15, 0.2) is 5.78 Å². The molecule has 1 aromatic rings. The first kappa shape index (κ1) is 12.6. The fourth-order valence-electron chi connectivity index (χ4n) is 1.06. The van der Waals surface area contributed by atoms with E-state index in [1.807, 2.05) is 25.1 Å². The van der Waals surface area contributed by atoms with Crippen LogP contribution in [0.15, 0.2) is 18.2 Å². The average molecular weight is 432 g/mol. The number of benzene rings is 1. The van der Waals surface area contributed by atoms with Crippen LogP contribution in [0.3, 0.4) is 0 Å². The van der Waals surface area contributed by atoms with Crippen LogP contribution in [0.4, 0.5) is 0 Å². The number of Topliss-reactive ketones (excluding diaryl/α,β-unsaturated/α-hetero) is 1. The third kappa shape index (κ3) is 3.03. The first-order chi connectivity index (χ1) is 6.56. The molecule has 1 aromatic carbocycles. The van der Waals surface area contributed by atoms with E-state index in [4.69, 9.17) is 0 Å². The molecule has 0 fully saturated rings. The van der Waals surface area contributed by atoms with Crippen LogP contribution in [0.25, 0.3) is 0 Å². The molecular formula is C10H9Br2IO. The lowest BCUT2D eigenvalue weighted by Gasteiger charge is -2.06. The molecule has 4 heteroatoms. The number of carbonyl (C=O) groups is 1. The smallest absolute Gasteiger partial charge is 0.176 e. The van der Waals surface area contributed by atoms with Gasteiger partial charge in [0.25, 0.3) is 0 Å². The predicted octanol–water partition coefficient (Wildman–Crippen LogP) is 4.15. The van der Waals surface area contributed by atoms with E-state index < -0.39 is 0 Å². The van der Waals surface area contributed by atoms with Crippen molar-refractivity contribution in [1.29, 1.82) is 0 Å². The summed E-state index contributed by atoms with van der Waals surface area (Å²) in [5.74, 6) is 0.128. The zero-order valence-corrected chi connectivity index (χ0v) is 12.9. The molecular weight excluding hydrogens is 423 g/mol. The van der Waals surface area contributed by atoms with E-state index in [-0.39, 0.29) is 10.6 Å². The van der Waals surface area contributed by atoms with Crippen molar-refractivity contribution in [2.45, 2.75) is 17.1 Å². The minimum atomic E-state index is -0.120. The molecule has 0 radical (unpaired) electrons. The van der Waals surface area contributed by atoms with E-state index in [0.29, 0.717) is 0 Å². The summed E-state index contributed by atoms with van der Waals surface area (Å²) in [6.07, 6.45) is 0. The zero-order valence-electron chi connectivity index (χ0n) is 7.56. The van der Waals surface area contributed by atoms with Crippen LogP contribution < -0.4 is 0 Å². The molecule has 1 rings (SSSR count). The standard InChI is InChI=1S/C10H9Br2IO/c1-6(12)10(14)7-2-3-9(13)8(4-7)5-11/h2-4,6H,5H2,1H3. The van der Waals surface area contributed by atoms with E-state index in [0.717, 1.165) is 16.5 Å². The highest BCUT2D eigenvalue weighted by atomic mass is 127. The molecule has 0 saturated carbocycles. The Morgan fingerprint density at radius 2 is 2.21 bits per heavy atom. The van der Waals surface area contributed by atoms with Crippen molar-refractivity contribution < 1.29 is 4.79 Å². The van der Waals surface area contributed by atoms with Crippen molar-refractivity contribution in [3.8, 4) is 0 Å². The second-order valence-electron chi connectivity index (χ2n) is 2.92. The van der Waals surface area contributed by atoms with Gasteiger partial charge in [-0.15, -0.1) is 0 Å². The second kappa shape index (κ2) is 5.61. The molecule has 0 aliphatic carbocycles. The summed E-state index contributed by atoms with van der Waals surface area (Å²) in [6, 6.07) is 5.78. The van der Waals surface area contributed by atoms with Crippen molar-refractivity contribution in [2.75, 3.05) is 0 Å². The van der Waals surface area contributed by atoms with Crippen LogP contribution in [0.2, 0.25) is 0 Å². The minimum Gasteiger partial charge on any atom is -0.293 e. The van der Waals surface area contributed by atoms with Gasteiger partial charge in [-0.05, 0) is 47.2 Å². The Morgan fingerprint density at radius 1 is 1.57 bits per heavy atom. The Labute approximate surface area is 114 Å². The topological polar surface area (TPSA) is 17.1 Å². The molecule has 1 unspecified atom stereocenters. The largest absolute Gasteiger partial charge is 0.293 e. The molecule has 0 aliphatic rings. The van der Waals surface area contributed by atoms with Crippen LogP contribution in [0, 0.1) is 3.57 Å². The van der Waals surface area contributed by atoms with E-state index in [2.05, 4.69) is 54.5 Å². The lowest BCUT2D eigenvalue weighted by Crippen LogP contribution is -2.10. The number of rotatable bonds is 3. The fraction of sp³-hybridized carbons (Fsp3) is 0.300. The molecule has 76 valence electrons. The highest BCUT2D eigenvalue weighted by Gasteiger charge is 2.12. The van der Waals surface area contributed by atoms with Gasteiger partial charge in [-0.2, -0.15) is 0 Å². The van der Waals surface area contributed by atoms with Crippen LogP contribution in [-0.2, 0) is 5.33 Å². The number of carbonyl (C=O) groups excluding carboxylic acids is 1. The molecule has 0 heterocycles. The van der Waals surface area contributed by atoms with Gasteiger partial charge in [-0.3, -0.25) is 4.79 Å². The maximum Gasteiger partial charge on any atom is 0.176 e. The maximum absolute atomic E-state index is 11.7. The molecule has 0 N–H and O–H groups in total. The summed E-state index contributed by atoms with van der Waals surface area (Å²) >= 11 is 8.94. The van der Waals surface area contributed by atoms with Gasteiger partial charge < -0.3 is 0 Å². The highest BCUT2D eigenvalue weighted by molar-refractivity contribution is 14.1. The fourth-order valence-corrected chi connectivity index (χ4v) is 2.84. The Bertz CT molecular complexity index is 350. The van der Waals surface area contributed by atoms with Crippen LogP contribution in [0.1, 0.15) is 22.8 Å². The van der Waals surface area contributed by atoms with E-state index in [1.54, 1.807) is 0 Å². The van der Waals surface area contributed by atoms with Crippen molar-refractivity contribution in [2.24, 2.45) is 0 Å². The van der Waals surface area contributed by atoms with Crippen molar-refractivity contribution in [3.63, 3.8) is 0 Å². The Kier molecular flexibility index (Phi) is 5.06. The molecule has 1 atom stereocenters. The maximum atomic E-state index is 11.7. The summed E-state index contributed by atoms with van der Waals surface area (Å²) in [5, 5.41) is 0.781. The van der Waals surface area contributed by atoms with Gasteiger partial charge in [0.1, 0.15) is 0 Å². The van der Waals surface area contributed by atoms with Crippen LogP contribution in [0.5, 0.6) is 0 Å². The molecule has 14 heavy (non-hydrogen) atoms. The quantitative estimate of drug-likeness (QED) is 0.399. The molecule has 0 saturated heterocycles. The third-order valence-electron chi connectivity index (χ3n) is 1.84. The summed E-state index contributed by atoms with van der Waals surface area (Å²) in [5.41, 5.74) is 1.92. The highest BCUT2D eigenvalue weighted by Crippen LogP contribution is 2.19. The van der Waals surface area contributed by atoms with Gasteiger partial charge >= 0.3 is 0 Å². The van der Waals surface area contributed by atoms with Gasteiger partial charge in [0.05, 0.1) is 4.83 Å². The molecule has 0 aliphatic heterocycles. The number of hydrogen-bond donors (Lipinski definition) is 0. The van der Waals surface area contributed by atoms with Gasteiger partial charge in [0.2, 0.25) is 0 Å². The van der Waals surface area contributed by atoms with E-state index in [1.165, 1.54) is 3.57 Å². The molecule has 0 spiro atoms. The SMILES string of the molecule is CC(Br)C(=O)c1ccc(I)c(CBr)c1. The molecule has 0 bridgehead atoms. The summed E-state index contributed by atoms with van der Waals surface area (Å²) in [6.45, 7) is 1.84. The van der Waals surface area contributed by atoms with Gasteiger partial charge in [-0.25, -0.2) is 0 Å². The summed E-state index contributed by atoms with van der Waals surface area (Å²) in [4.78, 5) is 11.5. The first-order valence-electron chi connectivity index (χ1n) is 4.09. The van der Waals surface area contributed by atoms with Crippen molar-refractivity contribution in [3.05, 3.63) is 32.9 Å². The number of halogens is 3. The average Bonchev–Trinajstić information content (AvgIpc) is 2.17. The Balaban J connectivity index is 3.06. The lowest BCUT2D eigenvalue weighted by atomic mass is 10.1. The third-order valence-corrected chi connectivity index (χ3v) is 3.91. The number of ketones is 1. The zero-order chi connectivity index (χ0) is 10.7. The van der Waals surface area contributed by atoms with Crippen molar-refractivity contribution in [1.82, 2.24) is 0 Å². The summed E-state index contributed by atoms with van der Waals surface area (Å²) < 4.78 is 1.18. The molecule has 0 aromatic heterocycles. The second-order valence-corrected chi connectivity index (χ2v) is 6.02. The monoisotopic (exact) mass is 430 g/mol. The van der Waals surface area contributed by atoms with Crippen molar-refractivity contribution >= 4 is 60.2 Å². The Morgan fingerprint density at radius 3 is 2.71 bits per heavy atom. The summed E-state index contributed by atoms with van der Waals surface area (Å²) in [7, 11) is 0. The van der Waals surface area contributed by atoms with Crippen LogP contribution >= 0.6 is 54.5 Å². The van der Waals surface area contributed by atoms with Gasteiger partial charge in [-0.1, -0.05) is 37.9 Å². The minimum absolute atomic E-state index is 0.120. The molecule has 0 amide bonds. The van der Waals surface area contributed by atoms with E-state index in [9.17, 15) is 4.79 Å². The number of hydrogen-bond acceptors (Lipinski definition) is 1. The lowest BCUT2D eigenvalue weighted by molar-refractivity contribution is 0.0996. The number of alkyl halides is 2. The van der Waals surface area contributed by atoms with Gasteiger partial charge in [0, 0.05) is 14.5 Å².